The lowest BCUT2D eigenvalue weighted by atomic mass is 10.1. The Balaban J connectivity index is 1.94. The number of thiophene rings is 1. The smallest absolute Gasteiger partial charge is 0.0702 e. The van der Waals surface area contributed by atoms with Gasteiger partial charge in [0.05, 0.1) is 9.83 Å². The van der Waals surface area contributed by atoms with E-state index in [0.29, 0.717) is 18.6 Å². The summed E-state index contributed by atoms with van der Waals surface area (Å²) >= 11 is 5.31. The van der Waals surface area contributed by atoms with E-state index < -0.39 is 0 Å². The van der Waals surface area contributed by atoms with Crippen LogP contribution in [0.4, 0.5) is 0 Å². The maximum absolute atomic E-state index is 5.90. The van der Waals surface area contributed by atoms with E-state index in [0.717, 1.165) is 0 Å². The van der Waals surface area contributed by atoms with Crippen LogP contribution >= 0.6 is 27.3 Å². The third kappa shape index (κ3) is 4.05. The topological polar surface area (TPSA) is 38.0 Å². The third-order valence-electron chi connectivity index (χ3n) is 3.47. The molecule has 1 saturated carbocycles. The molecular formula is C13H21BrN2S. The van der Waals surface area contributed by atoms with Gasteiger partial charge in [-0.2, -0.15) is 0 Å². The molecule has 1 aromatic heterocycles. The zero-order valence-corrected chi connectivity index (χ0v) is 12.5. The van der Waals surface area contributed by atoms with E-state index in [1.54, 1.807) is 11.3 Å². The van der Waals surface area contributed by atoms with Crippen LogP contribution in [0.2, 0.25) is 0 Å². The minimum Gasteiger partial charge on any atom is -0.329 e. The second-order valence-corrected chi connectivity index (χ2v) is 7.28. The fraction of sp³-hybridized carbons (Fsp3) is 0.692. The maximum Gasteiger partial charge on any atom is 0.0702 e. The zero-order valence-electron chi connectivity index (χ0n) is 10.1. The van der Waals surface area contributed by atoms with Crippen LogP contribution in [0.25, 0.3) is 0 Å². The molecule has 0 aliphatic heterocycles. The quantitative estimate of drug-likeness (QED) is 0.829. The van der Waals surface area contributed by atoms with Crippen molar-refractivity contribution in [1.82, 2.24) is 5.32 Å². The van der Waals surface area contributed by atoms with E-state index in [-0.39, 0.29) is 0 Å². The molecule has 1 fully saturated rings. The van der Waals surface area contributed by atoms with Crippen molar-refractivity contribution in [3.05, 3.63) is 20.8 Å². The molecule has 2 rings (SSSR count). The van der Waals surface area contributed by atoms with Gasteiger partial charge in [0.15, 0.2) is 0 Å². The van der Waals surface area contributed by atoms with E-state index in [1.807, 2.05) is 0 Å². The molecule has 1 atom stereocenters. The molecule has 17 heavy (non-hydrogen) atoms. The van der Waals surface area contributed by atoms with Crippen LogP contribution in [0.1, 0.15) is 49.4 Å². The van der Waals surface area contributed by atoms with E-state index in [2.05, 4.69) is 33.4 Å². The number of nitrogens with two attached hydrogens (primary N) is 1. The molecule has 1 unspecified atom stereocenters. The molecule has 0 spiro atoms. The summed E-state index contributed by atoms with van der Waals surface area (Å²) in [5.74, 6) is 0. The molecule has 4 heteroatoms. The minimum absolute atomic E-state index is 0.328. The van der Waals surface area contributed by atoms with Gasteiger partial charge in [0.1, 0.15) is 0 Å². The van der Waals surface area contributed by atoms with Gasteiger partial charge in [-0.1, -0.05) is 25.7 Å². The lowest BCUT2D eigenvalue weighted by molar-refractivity contribution is 0.405. The second kappa shape index (κ2) is 6.88. The Labute approximate surface area is 116 Å². The number of hydrogen-bond acceptors (Lipinski definition) is 3. The molecule has 1 aliphatic rings. The van der Waals surface area contributed by atoms with Crippen molar-refractivity contribution in [1.29, 1.82) is 0 Å². The Morgan fingerprint density at radius 3 is 2.53 bits per heavy atom. The molecule has 0 amide bonds. The minimum atomic E-state index is 0.328. The zero-order chi connectivity index (χ0) is 12.1. The van der Waals surface area contributed by atoms with E-state index in [9.17, 15) is 0 Å². The average molecular weight is 317 g/mol. The molecule has 0 radical (unpaired) electrons. The molecule has 0 aromatic carbocycles. The van der Waals surface area contributed by atoms with Crippen LogP contribution in [-0.2, 0) is 0 Å². The van der Waals surface area contributed by atoms with Gasteiger partial charge < -0.3 is 11.1 Å². The first-order valence-corrected chi connectivity index (χ1v) is 8.12. The summed E-state index contributed by atoms with van der Waals surface area (Å²) < 4.78 is 1.19. The summed E-state index contributed by atoms with van der Waals surface area (Å²) in [6.45, 7) is 0.684. The highest BCUT2D eigenvalue weighted by molar-refractivity contribution is 9.11. The number of rotatable bonds is 4. The van der Waals surface area contributed by atoms with Gasteiger partial charge in [-0.3, -0.25) is 0 Å². The number of halogens is 1. The van der Waals surface area contributed by atoms with E-state index >= 15 is 0 Å². The van der Waals surface area contributed by atoms with Crippen LogP contribution in [0.3, 0.4) is 0 Å². The number of nitrogens with one attached hydrogen (secondary N) is 1. The lowest BCUT2D eigenvalue weighted by Crippen LogP contribution is -2.36. The largest absolute Gasteiger partial charge is 0.329 e. The van der Waals surface area contributed by atoms with Gasteiger partial charge in [-0.05, 0) is 40.9 Å². The Hall–Kier alpha value is 0.1000. The normalized spacial score (nSPS) is 20.1. The van der Waals surface area contributed by atoms with Gasteiger partial charge in [0, 0.05) is 17.5 Å². The lowest BCUT2D eigenvalue weighted by Gasteiger charge is -2.23. The first-order chi connectivity index (χ1) is 8.29. The summed E-state index contributed by atoms with van der Waals surface area (Å²) in [6.07, 6.45) is 8.14. The Morgan fingerprint density at radius 1 is 1.29 bits per heavy atom. The van der Waals surface area contributed by atoms with Gasteiger partial charge >= 0.3 is 0 Å². The van der Waals surface area contributed by atoms with Crippen LogP contribution in [-0.4, -0.2) is 12.6 Å². The van der Waals surface area contributed by atoms with Crippen LogP contribution in [0.15, 0.2) is 15.9 Å². The van der Waals surface area contributed by atoms with Crippen molar-refractivity contribution < 1.29 is 0 Å². The van der Waals surface area contributed by atoms with E-state index in [4.69, 9.17) is 5.73 Å². The predicted octanol–water partition coefficient (Wildman–Crippen LogP) is 3.82. The summed E-state index contributed by atoms with van der Waals surface area (Å²) in [7, 11) is 0. The molecule has 1 heterocycles. The highest BCUT2D eigenvalue weighted by Gasteiger charge is 2.18. The average Bonchev–Trinajstić information content (AvgIpc) is 2.62. The monoisotopic (exact) mass is 316 g/mol. The predicted molar refractivity (Wildman–Crippen MR) is 78.4 cm³/mol. The van der Waals surface area contributed by atoms with Gasteiger partial charge in [-0.15, -0.1) is 11.3 Å². The van der Waals surface area contributed by atoms with Crippen molar-refractivity contribution in [2.24, 2.45) is 5.73 Å². The molecule has 2 nitrogen and oxygen atoms in total. The fourth-order valence-corrected chi connectivity index (χ4v) is 4.01. The summed E-state index contributed by atoms with van der Waals surface area (Å²) in [5, 5.41) is 3.74. The van der Waals surface area contributed by atoms with Gasteiger partial charge in [0.2, 0.25) is 0 Å². The molecule has 0 saturated heterocycles. The SMILES string of the molecule is NCC(NC1CCCCCC1)c1ccc(Br)s1. The van der Waals surface area contributed by atoms with Crippen LogP contribution in [0, 0.1) is 0 Å². The Morgan fingerprint density at radius 2 is 2.00 bits per heavy atom. The summed E-state index contributed by atoms with van der Waals surface area (Å²) in [5.41, 5.74) is 5.90. The highest BCUT2D eigenvalue weighted by Crippen LogP contribution is 2.28. The molecule has 96 valence electrons. The maximum atomic E-state index is 5.90. The van der Waals surface area contributed by atoms with Crippen molar-refractivity contribution >= 4 is 27.3 Å². The van der Waals surface area contributed by atoms with Crippen LogP contribution < -0.4 is 11.1 Å². The van der Waals surface area contributed by atoms with Crippen molar-refractivity contribution in [3.8, 4) is 0 Å². The molecular weight excluding hydrogens is 296 g/mol. The van der Waals surface area contributed by atoms with Crippen molar-refractivity contribution in [3.63, 3.8) is 0 Å². The standard InChI is InChI=1S/C13H21BrN2S/c14-13-8-7-12(17-13)11(9-15)16-10-5-3-1-2-4-6-10/h7-8,10-11,16H,1-6,9,15H2. The molecule has 1 aliphatic carbocycles. The third-order valence-corrected chi connectivity index (χ3v) is 5.20. The number of hydrogen-bond donors (Lipinski definition) is 2. The van der Waals surface area contributed by atoms with E-state index in [1.165, 1.54) is 47.2 Å². The Kier molecular flexibility index (Phi) is 5.48. The molecule has 0 bridgehead atoms. The van der Waals surface area contributed by atoms with Crippen molar-refractivity contribution in [2.45, 2.75) is 50.6 Å². The first kappa shape index (κ1) is 13.5. The van der Waals surface area contributed by atoms with Gasteiger partial charge in [-0.25, -0.2) is 0 Å². The fourth-order valence-electron chi connectivity index (χ4n) is 2.51. The first-order valence-electron chi connectivity index (χ1n) is 6.51. The Bertz CT molecular complexity index is 332. The second-order valence-electron chi connectivity index (χ2n) is 4.79. The molecule has 3 N–H and O–H groups in total. The summed E-state index contributed by atoms with van der Waals surface area (Å²) in [6, 6.07) is 5.27. The summed E-state index contributed by atoms with van der Waals surface area (Å²) in [4.78, 5) is 1.35. The van der Waals surface area contributed by atoms with Gasteiger partial charge in [0.25, 0.3) is 0 Å². The van der Waals surface area contributed by atoms with Crippen LogP contribution in [0.5, 0.6) is 0 Å². The highest BCUT2D eigenvalue weighted by atomic mass is 79.9. The molecule has 1 aromatic rings. The van der Waals surface area contributed by atoms with Crippen molar-refractivity contribution in [2.75, 3.05) is 6.54 Å².